The molecule has 1 saturated heterocycles. The van der Waals surface area contributed by atoms with Crippen LogP contribution in [0.4, 0.5) is 4.79 Å². The zero-order valence-electron chi connectivity index (χ0n) is 18.0. The minimum Gasteiger partial charge on any atom is -0.494 e. The molecule has 3 rings (SSSR count). The van der Waals surface area contributed by atoms with Gasteiger partial charge in [0, 0.05) is 38.3 Å². The molecule has 0 aliphatic carbocycles. The fourth-order valence-electron chi connectivity index (χ4n) is 3.46. The van der Waals surface area contributed by atoms with Crippen LogP contribution in [-0.2, 0) is 16.4 Å². The van der Waals surface area contributed by atoms with Gasteiger partial charge in [0.1, 0.15) is 5.75 Å². The Morgan fingerprint density at radius 1 is 1.06 bits per heavy atom. The van der Waals surface area contributed by atoms with E-state index >= 15 is 0 Å². The van der Waals surface area contributed by atoms with Crippen molar-refractivity contribution in [2.24, 2.45) is 5.73 Å². The molecule has 0 spiro atoms. The molecule has 0 radical (unpaired) electrons. The molecule has 1 heterocycles. The number of sulfonamides is 1. The summed E-state index contributed by atoms with van der Waals surface area (Å²) in [6.07, 6.45) is 0.555. The Hall–Kier alpha value is -3.11. The number of hydrogen-bond acceptors (Lipinski definition) is 5. The zero-order chi connectivity index (χ0) is 23.1. The predicted octanol–water partition coefficient (Wildman–Crippen LogP) is 1.44. The number of primary amides is 1. The van der Waals surface area contributed by atoms with Crippen LogP contribution in [0.25, 0.3) is 0 Å². The Kier molecular flexibility index (Phi) is 7.70. The molecule has 2 aromatic carbocycles. The highest BCUT2D eigenvalue weighted by Gasteiger charge is 2.30. The Labute approximate surface area is 188 Å². The summed E-state index contributed by atoms with van der Waals surface area (Å²) in [4.78, 5) is 25.5. The van der Waals surface area contributed by atoms with Crippen molar-refractivity contribution in [1.82, 2.24) is 14.5 Å². The fraction of sp³-hybridized carbons (Fsp3) is 0.364. The number of carbonyl (C=O) groups excluding carboxylic acids is 2. The van der Waals surface area contributed by atoms with Crippen molar-refractivity contribution < 1.29 is 22.7 Å². The van der Waals surface area contributed by atoms with E-state index in [4.69, 9.17) is 10.5 Å². The molecule has 0 saturated carbocycles. The van der Waals surface area contributed by atoms with Gasteiger partial charge in [-0.25, -0.2) is 13.2 Å². The van der Waals surface area contributed by atoms with Crippen molar-refractivity contribution in [2.75, 3.05) is 39.3 Å². The molecule has 3 N–H and O–H groups in total. The number of benzene rings is 2. The molecule has 1 fully saturated rings. The van der Waals surface area contributed by atoms with Gasteiger partial charge in [-0.05, 0) is 55.3 Å². The molecule has 9 nitrogen and oxygen atoms in total. The summed E-state index contributed by atoms with van der Waals surface area (Å²) < 4.78 is 32.5. The average Bonchev–Trinajstić information content (AvgIpc) is 2.80. The summed E-state index contributed by atoms with van der Waals surface area (Å²) in [5, 5.41) is 2.84. The third kappa shape index (κ3) is 5.77. The molecule has 172 valence electrons. The SMILES string of the molecule is CCOc1ccc(S(=O)(=O)N2CCN(C(=O)NCCc3cccc(C(N)=O)c3)CC2)cc1. The van der Waals surface area contributed by atoms with Crippen LogP contribution in [0.15, 0.2) is 53.4 Å². The van der Waals surface area contributed by atoms with Crippen LogP contribution in [0.1, 0.15) is 22.8 Å². The molecule has 32 heavy (non-hydrogen) atoms. The second kappa shape index (κ2) is 10.5. The molecule has 2 aromatic rings. The van der Waals surface area contributed by atoms with E-state index in [2.05, 4.69) is 5.32 Å². The molecule has 3 amide bonds. The number of carbonyl (C=O) groups is 2. The number of nitrogens with one attached hydrogen (secondary N) is 1. The van der Waals surface area contributed by atoms with Crippen LogP contribution < -0.4 is 15.8 Å². The molecule has 1 aliphatic rings. The van der Waals surface area contributed by atoms with E-state index in [0.717, 1.165) is 5.56 Å². The Morgan fingerprint density at radius 3 is 2.38 bits per heavy atom. The lowest BCUT2D eigenvalue weighted by molar-refractivity contribution is 0.1000. The van der Waals surface area contributed by atoms with Gasteiger partial charge in [-0.15, -0.1) is 0 Å². The van der Waals surface area contributed by atoms with Crippen LogP contribution in [0.2, 0.25) is 0 Å². The normalized spacial score (nSPS) is 14.7. The molecular formula is C22H28N4O5S. The van der Waals surface area contributed by atoms with Crippen molar-refractivity contribution in [3.8, 4) is 5.75 Å². The van der Waals surface area contributed by atoms with Gasteiger partial charge >= 0.3 is 6.03 Å². The minimum absolute atomic E-state index is 0.206. The second-order valence-electron chi connectivity index (χ2n) is 7.34. The van der Waals surface area contributed by atoms with E-state index in [9.17, 15) is 18.0 Å². The lowest BCUT2D eigenvalue weighted by Crippen LogP contribution is -2.53. The fourth-order valence-corrected chi connectivity index (χ4v) is 4.88. The third-order valence-corrected chi connectivity index (χ3v) is 7.11. The average molecular weight is 461 g/mol. The van der Waals surface area contributed by atoms with Crippen LogP contribution in [0, 0.1) is 0 Å². The van der Waals surface area contributed by atoms with E-state index in [1.165, 1.54) is 16.4 Å². The molecule has 0 aromatic heterocycles. The minimum atomic E-state index is -3.63. The van der Waals surface area contributed by atoms with Gasteiger partial charge in [0.2, 0.25) is 15.9 Å². The number of piperazine rings is 1. The summed E-state index contributed by atoms with van der Waals surface area (Å²) >= 11 is 0. The number of urea groups is 1. The number of ether oxygens (including phenoxy) is 1. The maximum Gasteiger partial charge on any atom is 0.317 e. The first-order valence-electron chi connectivity index (χ1n) is 10.5. The van der Waals surface area contributed by atoms with Crippen molar-refractivity contribution in [2.45, 2.75) is 18.2 Å². The van der Waals surface area contributed by atoms with Gasteiger partial charge < -0.3 is 20.7 Å². The van der Waals surface area contributed by atoms with Gasteiger partial charge in [0.05, 0.1) is 11.5 Å². The van der Waals surface area contributed by atoms with E-state index in [0.29, 0.717) is 44.0 Å². The summed E-state index contributed by atoms with van der Waals surface area (Å²) in [6.45, 7) is 3.83. The van der Waals surface area contributed by atoms with Crippen molar-refractivity contribution in [3.63, 3.8) is 0 Å². The molecule has 10 heteroatoms. The standard InChI is InChI=1S/C22H28N4O5S/c1-2-31-19-6-8-20(9-7-19)32(29,30)26-14-12-25(13-15-26)22(28)24-11-10-17-4-3-5-18(16-17)21(23)27/h3-9,16H,2,10-15H2,1H3,(H2,23,27)(H,24,28). The van der Waals surface area contributed by atoms with Gasteiger partial charge in [0.15, 0.2) is 0 Å². The van der Waals surface area contributed by atoms with E-state index in [1.807, 2.05) is 13.0 Å². The highest BCUT2D eigenvalue weighted by atomic mass is 32.2. The lowest BCUT2D eigenvalue weighted by atomic mass is 10.1. The van der Waals surface area contributed by atoms with E-state index in [-0.39, 0.29) is 24.0 Å². The van der Waals surface area contributed by atoms with Gasteiger partial charge in [0.25, 0.3) is 0 Å². The third-order valence-electron chi connectivity index (χ3n) is 5.20. The zero-order valence-corrected chi connectivity index (χ0v) is 18.8. The summed E-state index contributed by atoms with van der Waals surface area (Å²) in [5.41, 5.74) is 6.61. The number of rotatable bonds is 8. The van der Waals surface area contributed by atoms with Gasteiger partial charge in [-0.3, -0.25) is 4.79 Å². The quantitative estimate of drug-likeness (QED) is 0.617. The predicted molar refractivity (Wildman–Crippen MR) is 120 cm³/mol. The molecule has 1 aliphatic heterocycles. The van der Waals surface area contributed by atoms with Gasteiger partial charge in [-0.2, -0.15) is 4.31 Å². The Morgan fingerprint density at radius 2 is 1.75 bits per heavy atom. The summed E-state index contributed by atoms with van der Waals surface area (Å²) in [5.74, 6) is 0.128. The Balaban J connectivity index is 1.48. The van der Waals surface area contributed by atoms with Crippen LogP contribution >= 0.6 is 0 Å². The monoisotopic (exact) mass is 460 g/mol. The second-order valence-corrected chi connectivity index (χ2v) is 9.28. The number of amides is 3. The molecule has 0 unspecified atom stereocenters. The highest BCUT2D eigenvalue weighted by Crippen LogP contribution is 2.21. The van der Waals surface area contributed by atoms with Gasteiger partial charge in [-0.1, -0.05) is 12.1 Å². The van der Waals surface area contributed by atoms with Crippen molar-refractivity contribution in [3.05, 3.63) is 59.7 Å². The first kappa shape index (κ1) is 23.6. The lowest BCUT2D eigenvalue weighted by Gasteiger charge is -2.34. The smallest absolute Gasteiger partial charge is 0.317 e. The summed E-state index contributed by atoms with van der Waals surface area (Å²) in [6, 6.07) is 13.1. The van der Waals surface area contributed by atoms with Crippen molar-refractivity contribution in [1.29, 1.82) is 0 Å². The molecule has 0 atom stereocenters. The van der Waals surface area contributed by atoms with Crippen LogP contribution in [0.5, 0.6) is 5.75 Å². The molecular weight excluding hydrogens is 432 g/mol. The Bertz CT molecular complexity index is 1050. The number of hydrogen-bond donors (Lipinski definition) is 2. The first-order chi connectivity index (χ1) is 15.3. The number of nitrogens with two attached hydrogens (primary N) is 1. The van der Waals surface area contributed by atoms with E-state index in [1.54, 1.807) is 35.2 Å². The highest BCUT2D eigenvalue weighted by molar-refractivity contribution is 7.89. The first-order valence-corrected chi connectivity index (χ1v) is 11.9. The van der Waals surface area contributed by atoms with Crippen LogP contribution in [0.3, 0.4) is 0 Å². The van der Waals surface area contributed by atoms with Crippen LogP contribution in [-0.4, -0.2) is 68.9 Å². The molecule has 0 bridgehead atoms. The maximum atomic E-state index is 12.9. The largest absolute Gasteiger partial charge is 0.494 e. The number of nitrogens with zero attached hydrogens (tertiary/aromatic N) is 2. The maximum absolute atomic E-state index is 12.9. The van der Waals surface area contributed by atoms with Crippen molar-refractivity contribution >= 4 is 22.0 Å². The van der Waals surface area contributed by atoms with E-state index < -0.39 is 15.9 Å². The summed E-state index contributed by atoms with van der Waals surface area (Å²) in [7, 11) is -3.63. The topological polar surface area (TPSA) is 122 Å².